The van der Waals surface area contributed by atoms with Gasteiger partial charge in [0.05, 0.1) is 6.10 Å². The van der Waals surface area contributed by atoms with Crippen LogP contribution in [0, 0.1) is 0 Å². The minimum absolute atomic E-state index is 0.337. The second-order valence-electron chi connectivity index (χ2n) is 3.66. The zero-order chi connectivity index (χ0) is 13.5. The number of nitrogens with two attached hydrogens (primary N) is 1. The molecule has 1 rings (SSSR count). The van der Waals surface area contributed by atoms with Crippen LogP contribution in [-0.4, -0.2) is 23.7 Å². The van der Waals surface area contributed by atoms with E-state index in [9.17, 15) is 14.7 Å². The third-order valence-corrected chi connectivity index (χ3v) is 2.29. The van der Waals surface area contributed by atoms with Crippen molar-refractivity contribution in [3.05, 3.63) is 29.8 Å². The van der Waals surface area contributed by atoms with Crippen LogP contribution in [0.15, 0.2) is 24.3 Å². The maximum Gasteiger partial charge on any atom is 0.318 e. The number of amides is 3. The van der Waals surface area contributed by atoms with Crippen molar-refractivity contribution in [2.45, 2.75) is 19.4 Å². The lowest BCUT2D eigenvalue weighted by Gasteiger charge is -2.14. The average molecular weight is 252 g/mol. The Balaban J connectivity index is 2.67. The summed E-state index contributed by atoms with van der Waals surface area (Å²) >= 11 is 0. The van der Waals surface area contributed by atoms with Gasteiger partial charge in [-0.05, 0) is 12.5 Å². The number of rotatable bonds is 5. The minimum atomic E-state index is -0.925. The molecule has 0 saturated carbocycles. The van der Waals surface area contributed by atoms with E-state index in [0.29, 0.717) is 17.7 Å². The Morgan fingerprint density at radius 1 is 1.44 bits per heavy atom. The Hall–Kier alpha value is -2.08. The molecule has 6 nitrogen and oxygen atoms in total. The number of carbonyl (C=O) groups is 2. The van der Waals surface area contributed by atoms with Gasteiger partial charge in [0.2, 0.25) is 0 Å². The van der Waals surface area contributed by atoms with Gasteiger partial charge in [-0.2, -0.15) is 0 Å². The van der Waals surface area contributed by atoms with E-state index in [4.69, 9.17) is 10.5 Å². The molecule has 0 bridgehead atoms. The summed E-state index contributed by atoms with van der Waals surface area (Å²) in [4.78, 5) is 21.6. The Morgan fingerprint density at radius 3 is 2.72 bits per heavy atom. The molecule has 4 N–H and O–H groups in total. The number of aliphatic hydroxyl groups is 1. The third-order valence-electron chi connectivity index (χ3n) is 2.29. The summed E-state index contributed by atoms with van der Waals surface area (Å²) in [5, 5.41) is 11.7. The summed E-state index contributed by atoms with van der Waals surface area (Å²) in [6.07, 6.45) is -0.117. The fourth-order valence-corrected chi connectivity index (χ4v) is 1.42. The third kappa shape index (κ3) is 4.06. The van der Waals surface area contributed by atoms with Crippen molar-refractivity contribution in [1.29, 1.82) is 0 Å². The predicted octanol–water partition coefficient (Wildman–Crippen LogP) is 0.704. The van der Waals surface area contributed by atoms with Crippen molar-refractivity contribution in [2.75, 3.05) is 6.61 Å². The number of ether oxygens (including phenoxy) is 1. The van der Waals surface area contributed by atoms with Gasteiger partial charge in [0, 0.05) is 5.56 Å². The van der Waals surface area contributed by atoms with E-state index in [1.54, 1.807) is 24.3 Å². The van der Waals surface area contributed by atoms with Gasteiger partial charge in [0.1, 0.15) is 5.75 Å². The van der Waals surface area contributed by atoms with Crippen LogP contribution in [0.4, 0.5) is 4.79 Å². The van der Waals surface area contributed by atoms with E-state index in [0.717, 1.165) is 0 Å². The molecule has 0 unspecified atom stereocenters. The summed E-state index contributed by atoms with van der Waals surface area (Å²) in [5.74, 6) is -0.227. The lowest BCUT2D eigenvalue weighted by molar-refractivity contribution is -0.121. The van der Waals surface area contributed by atoms with Gasteiger partial charge in [0.25, 0.3) is 5.91 Å². The normalized spacial score (nSPS) is 11.7. The van der Waals surface area contributed by atoms with E-state index in [1.807, 2.05) is 12.2 Å². The van der Waals surface area contributed by atoms with Crippen LogP contribution < -0.4 is 15.8 Å². The number of hydrogen-bond donors (Lipinski definition) is 3. The van der Waals surface area contributed by atoms with Gasteiger partial charge in [0.15, 0.2) is 6.61 Å². The van der Waals surface area contributed by atoms with E-state index >= 15 is 0 Å². The molecule has 0 aliphatic carbocycles. The summed E-state index contributed by atoms with van der Waals surface area (Å²) in [7, 11) is 0. The molecule has 0 spiro atoms. The van der Waals surface area contributed by atoms with Crippen LogP contribution in [0.5, 0.6) is 5.75 Å². The van der Waals surface area contributed by atoms with Crippen molar-refractivity contribution in [2.24, 2.45) is 5.73 Å². The van der Waals surface area contributed by atoms with Crippen molar-refractivity contribution >= 4 is 11.9 Å². The number of urea groups is 1. The molecule has 3 amide bonds. The van der Waals surface area contributed by atoms with Gasteiger partial charge in [-0.3, -0.25) is 10.1 Å². The Bertz CT molecular complexity index is 434. The lowest BCUT2D eigenvalue weighted by Crippen LogP contribution is -2.38. The molecule has 0 heterocycles. The van der Waals surface area contributed by atoms with Crippen LogP contribution in [0.3, 0.4) is 0 Å². The fourth-order valence-electron chi connectivity index (χ4n) is 1.42. The molecule has 0 aromatic heterocycles. The smallest absolute Gasteiger partial charge is 0.318 e. The number of nitrogens with one attached hydrogen (secondary N) is 1. The second-order valence-corrected chi connectivity index (χ2v) is 3.66. The Morgan fingerprint density at radius 2 is 2.11 bits per heavy atom. The molecular formula is C12H16N2O4. The summed E-state index contributed by atoms with van der Waals surface area (Å²) in [5.41, 5.74) is 5.40. The zero-order valence-corrected chi connectivity index (χ0v) is 10.1. The quantitative estimate of drug-likeness (QED) is 0.718. The molecule has 0 aliphatic rings. The molecule has 98 valence electrons. The largest absolute Gasteiger partial charge is 0.483 e. The summed E-state index contributed by atoms with van der Waals surface area (Å²) in [6.45, 7) is 1.50. The predicted molar refractivity (Wildman–Crippen MR) is 64.9 cm³/mol. The number of primary amides is 1. The van der Waals surface area contributed by atoms with Gasteiger partial charge in [-0.1, -0.05) is 25.1 Å². The average Bonchev–Trinajstić information content (AvgIpc) is 2.35. The van der Waals surface area contributed by atoms with E-state index in [2.05, 4.69) is 0 Å². The molecule has 0 aliphatic heterocycles. The van der Waals surface area contributed by atoms with Gasteiger partial charge in [-0.15, -0.1) is 0 Å². The molecule has 0 radical (unpaired) electrons. The number of benzene rings is 1. The van der Waals surface area contributed by atoms with Gasteiger partial charge in [-0.25, -0.2) is 4.79 Å². The van der Waals surface area contributed by atoms with Crippen LogP contribution in [0.1, 0.15) is 25.0 Å². The van der Waals surface area contributed by atoms with E-state index in [1.165, 1.54) is 0 Å². The number of aliphatic hydroxyl groups excluding tert-OH is 1. The first kappa shape index (κ1) is 14.0. The van der Waals surface area contributed by atoms with Crippen LogP contribution in [-0.2, 0) is 4.79 Å². The first-order valence-corrected chi connectivity index (χ1v) is 5.53. The van der Waals surface area contributed by atoms with Crippen LogP contribution >= 0.6 is 0 Å². The Kier molecular flexibility index (Phi) is 5.13. The molecule has 1 atom stereocenters. The fraction of sp³-hybridized carbons (Fsp3) is 0.333. The maximum atomic E-state index is 11.2. The number of imide groups is 1. The zero-order valence-electron chi connectivity index (χ0n) is 10.1. The highest BCUT2D eigenvalue weighted by Gasteiger charge is 2.12. The molecular weight excluding hydrogens is 236 g/mol. The highest BCUT2D eigenvalue weighted by atomic mass is 16.5. The molecule has 0 fully saturated rings. The number of carbonyl (C=O) groups excluding carboxylic acids is 2. The van der Waals surface area contributed by atoms with Gasteiger partial charge < -0.3 is 15.6 Å². The van der Waals surface area contributed by atoms with Crippen LogP contribution in [0.25, 0.3) is 0 Å². The molecule has 18 heavy (non-hydrogen) atoms. The van der Waals surface area contributed by atoms with Crippen molar-refractivity contribution in [3.8, 4) is 5.75 Å². The van der Waals surface area contributed by atoms with Crippen molar-refractivity contribution in [1.82, 2.24) is 5.32 Å². The number of para-hydroxylation sites is 1. The first-order chi connectivity index (χ1) is 8.54. The van der Waals surface area contributed by atoms with Gasteiger partial charge >= 0.3 is 6.03 Å². The maximum absolute atomic E-state index is 11.2. The SMILES string of the molecule is CC[C@@H](O)c1ccccc1OCC(=O)NC(N)=O. The summed E-state index contributed by atoms with van der Waals surface area (Å²) in [6, 6.07) is 5.93. The van der Waals surface area contributed by atoms with Crippen molar-refractivity contribution < 1.29 is 19.4 Å². The van der Waals surface area contributed by atoms with Crippen LogP contribution in [0.2, 0.25) is 0 Å². The van der Waals surface area contributed by atoms with E-state index in [-0.39, 0.29) is 6.61 Å². The minimum Gasteiger partial charge on any atom is -0.483 e. The summed E-state index contributed by atoms with van der Waals surface area (Å²) < 4.78 is 5.24. The standard InChI is InChI=1S/C12H16N2O4/c1-2-9(15)8-5-3-4-6-10(8)18-7-11(16)14-12(13)17/h3-6,9,15H,2,7H2,1H3,(H3,13,14,16,17)/t9-/m1/s1. The van der Waals surface area contributed by atoms with Crippen molar-refractivity contribution in [3.63, 3.8) is 0 Å². The second kappa shape index (κ2) is 6.61. The highest BCUT2D eigenvalue weighted by Crippen LogP contribution is 2.26. The van der Waals surface area contributed by atoms with E-state index < -0.39 is 18.0 Å². The molecule has 1 aromatic carbocycles. The lowest BCUT2D eigenvalue weighted by atomic mass is 10.1. The number of hydrogen-bond acceptors (Lipinski definition) is 4. The Labute approximate surface area is 105 Å². The molecule has 1 aromatic rings. The first-order valence-electron chi connectivity index (χ1n) is 5.53. The topological polar surface area (TPSA) is 102 Å². The monoisotopic (exact) mass is 252 g/mol. The molecule has 6 heteroatoms. The highest BCUT2D eigenvalue weighted by molar-refractivity contribution is 5.94. The molecule has 0 saturated heterocycles.